The molecule has 0 radical (unpaired) electrons. The average Bonchev–Trinajstić information content (AvgIpc) is 2.27. The van der Waals surface area contributed by atoms with E-state index in [0.29, 0.717) is 11.3 Å². The summed E-state index contributed by atoms with van der Waals surface area (Å²) >= 11 is 0. The van der Waals surface area contributed by atoms with Crippen LogP contribution in [-0.4, -0.2) is 31.1 Å². The highest BCUT2D eigenvalue weighted by atomic mass is 16.5. The molecule has 0 aromatic heterocycles. The van der Waals surface area contributed by atoms with E-state index in [0.717, 1.165) is 0 Å². The smallest absolute Gasteiger partial charge is 0.179 e. The van der Waals surface area contributed by atoms with Gasteiger partial charge in [-0.15, -0.1) is 0 Å². The number of likely N-dealkylation sites (N-methyl/N-ethyl adjacent to an activating group) is 1. The number of hydrogen-bond acceptors (Lipinski definition) is 4. The van der Waals surface area contributed by atoms with Gasteiger partial charge in [-0.05, 0) is 32.2 Å². The Morgan fingerprint density at radius 3 is 2.73 bits per heavy atom. The van der Waals surface area contributed by atoms with E-state index in [-0.39, 0.29) is 17.6 Å². The number of benzene rings is 1. The van der Waals surface area contributed by atoms with Crippen molar-refractivity contribution in [1.29, 1.82) is 0 Å². The fourth-order valence-corrected chi connectivity index (χ4v) is 1.21. The standard InChI is InChI=1S/C11H15NO3/c1-7(12-2)11(14)8-4-5-9(13)10(6-8)15-3/h4-7,12-13H,1-3H3. The van der Waals surface area contributed by atoms with E-state index < -0.39 is 0 Å². The van der Waals surface area contributed by atoms with E-state index in [4.69, 9.17) is 4.74 Å². The molecule has 0 aliphatic carbocycles. The third-order valence-electron chi connectivity index (χ3n) is 2.29. The van der Waals surface area contributed by atoms with Gasteiger partial charge < -0.3 is 15.2 Å². The molecule has 1 atom stereocenters. The van der Waals surface area contributed by atoms with Crippen LogP contribution in [0.1, 0.15) is 17.3 Å². The van der Waals surface area contributed by atoms with Gasteiger partial charge in [0.15, 0.2) is 17.3 Å². The zero-order valence-corrected chi connectivity index (χ0v) is 9.07. The Morgan fingerprint density at radius 1 is 1.53 bits per heavy atom. The van der Waals surface area contributed by atoms with Gasteiger partial charge in [-0.25, -0.2) is 0 Å². The third kappa shape index (κ3) is 2.47. The lowest BCUT2D eigenvalue weighted by atomic mass is 10.1. The molecule has 0 spiro atoms. The number of nitrogens with one attached hydrogen (secondary N) is 1. The fraction of sp³-hybridized carbons (Fsp3) is 0.364. The number of aromatic hydroxyl groups is 1. The third-order valence-corrected chi connectivity index (χ3v) is 2.29. The van der Waals surface area contributed by atoms with Gasteiger partial charge in [-0.3, -0.25) is 4.79 Å². The summed E-state index contributed by atoms with van der Waals surface area (Å²) in [6.07, 6.45) is 0. The molecule has 15 heavy (non-hydrogen) atoms. The number of ketones is 1. The van der Waals surface area contributed by atoms with Crippen molar-refractivity contribution >= 4 is 5.78 Å². The number of Topliss-reactive ketones (excluding diaryl/α,β-unsaturated/α-hetero) is 1. The first-order valence-electron chi connectivity index (χ1n) is 4.68. The second-order valence-electron chi connectivity index (χ2n) is 3.26. The molecular weight excluding hydrogens is 194 g/mol. The molecule has 4 heteroatoms. The zero-order valence-electron chi connectivity index (χ0n) is 9.07. The number of carbonyl (C=O) groups excluding carboxylic acids is 1. The number of ether oxygens (including phenoxy) is 1. The minimum Gasteiger partial charge on any atom is -0.504 e. The van der Waals surface area contributed by atoms with Gasteiger partial charge in [0, 0.05) is 5.56 Å². The van der Waals surface area contributed by atoms with Gasteiger partial charge in [0.25, 0.3) is 0 Å². The van der Waals surface area contributed by atoms with Crippen LogP contribution in [-0.2, 0) is 0 Å². The van der Waals surface area contributed by atoms with Crippen LogP contribution in [0.2, 0.25) is 0 Å². The molecule has 0 heterocycles. The topological polar surface area (TPSA) is 58.6 Å². The summed E-state index contributed by atoms with van der Waals surface area (Å²) in [5, 5.41) is 12.2. The number of methoxy groups -OCH3 is 1. The number of phenols is 1. The van der Waals surface area contributed by atoms with E-state index in [9.17, 15) is 9.90 Å². The molecule has 0 saturated carbocycles. The van der Waals surface area contributed by atoms with Crippen molar-refractivity contribution < 1.29 is 14.6 Å². The second kappa shape index (κ2) is 4.79. The van der Waals surface area contributed by atoms with Crippen molar-refractivity contribution in [3.05, 3.63) is 23.8 Å². The van der Waals surface area contributed by atoms with Crippen LogP contribution in [0.15, 0.2) is 18.2 Å². The molecule has 82 valence electrons. The summed E-state index contributed by atoms with van der Waals surface area (Å²) in [5.41, 5.74) is 0.520. The first-order valence-corrected chi connectivity index (χ1v) is 4.68. The van der Waals surface area contributed by atoms with E-state index in [1.165, 1.54) is 19.2 Å². The van der Waals surface area contributed by atoms with Crippen molar-refractivity contribution in [3.8, 4) is 11.5 Å². The summed E-state index contributed by atoms with van der Waals surface area (Å²) in [5.74, 6) is 0.311. The summed E-state index contributed by atoms with van der Waals surface area (Å²) in [6, 6.07) is 4.31. The van der Waals surface area contributed by atoms with Crippen LogP contribution in [0, 0.1) is 0 Å². The summed E-state index contributed by atoms with van der Waals surface area (Å²) in [6.45, 7) is 1.78. The lowest BCUT2D eigenvalue weighted by Gasteiger charge is -2.10. The van der Waals surface area contributed by atoms with E-state index in [1.807, 2.05) is 0 Å². The molecule has 0 fully saturated rings. The predicted octanol–water partition coefficient (Wildman–Crippen LogP) is 1.19. The first kappa shape index (κ1) is 11.5. The Hall–Kier alpha value is -1.55. The average molecular weight is 209 g/mol. The van der Waals surface area contributed by atoms with Gasteiger partial charge in [0.1, 0.15) is 0 Å². The maximum atomic E-state index is 11.8. The molecule has 1 aromatic rings. The highest BCUT2D eigenvalue weighted by Gasteiger charge is 2.14. The molecule has 0 amide bonds. The predicted molar refractivity (Wildman–Crippen MR) is 57.5 cm³/mol. The lowest BCUT2D eigenvalue weighted by Crippen LogP contribution is -2.30. The van der Waals surface area contributed by atoms with Gasteiger partial charge >= 0.3 is 0 Å². The van der Waals surface area contributed by atoms with Gasteiger partial charge in [0.2, 0.25) is 0 Å². The Balaban J connectivity index is 3.01. The maximum Gasteiger partial charge on any atom is 0.179 e. The SMILES string of the molecule is CNC(C)C(=O)c1ccc(O)c(OC)c1. The minimum absolute atomic E-state index is 0.0317. The van der Waals surface area contributed by atoms with Crippen molar-refractivity contribution in [2.24, 2.45) is 0 Å². The fourth-order valence-electron chi connectivity index (χ4n) is 1.21. The molecule has 0 saturated heterocycles. The molecule has 1 unspecified atom stereocenters. The Kier molecular flexibility index (Phi) is 3.68. The molecule has 0 aliphatic heterocycles. The van der Waals surface area contributed by atoms with Crippen LogP contribution in [0.4, 0.5) is 0 Å². The number of hydrogen-bond donors (Lipinski definition) is 2. The number of carbonyl (C=O) groups is 1. The molecule has 1 rings (SSSR count). The van der Waals surface area contributed by atoms with Gasteiger partial charge in [-0.2, -0.15) is 0 Å². The Bertz CT molecular complexity index is 363. The summed E-state index contributed by atoms with van der Waals surface area (Å²) in [7, 11) is 3.17. The molecular formula is C11H15NO3. The van der Waals surface area contributed by atoms with E-state index in [2.05, 4.69) is 5.32 Å². The van der Waals surface area contributed by atoms with Crippen molar-refractivity contribution in [1.82, 2.24) is 5.32 Å². The van der Waals surface area contributed by atoms with Gasteiger partial charge in [0.05, 0.1) is 13.2 Å². The number of phenolic OH excluding ortho intramolecular Hbond substituents is 1. The molecule has 0 bridgehead atoms. The molecule has 0 aliphatic rings. The second-order valence-corrected chi connectivity index (χ2v) is 3.26. The molecule has 2 N–H and O–H groups in total. The molecule has 4 nitrogen and oxygen atoms in total. The van der Waals surface area contributed by atoms with E-state index >= 15 is 0 Å². The summed E-state index contributed by atoms with van der Waals surface area (Å²) < 4.78 is 4.93. The Labute approximate surface area is 88.9 Å². The maximum absolute atomic E-state index is 11.8. The first-order chi connectivity index (χ1) is 7.10. The number of rotatable bonds is 4. The van der Waals surface area contributed by atoms with Gasteiger partial charge in [-0.1, -0.05) is 0 Å². The van der Waals surface area contributed by atoms with Crippen LogP contribution in [0.25, 0.3) is 0 Å². The quantitative estimate of drug-likeness (QED) is 0.731. The monoisotopic (exact) mass is 209 g/mol. The molecule has 1 aromatic carbocycles. The zero-order chi connectivity index (χ0) is 11.4. The van der Waals surface area contributed by atoms with E-state index in [1.54, 1.807) is 20.0 Å². The van der Waals surface area contributed by atoms with Crippen LogP contribution in [0.5, 0.6) is 11.5 Å². The minimum atomic E-state index is -0.251. The van der Waals surface area contributed by atoms with Crippen molar-refractivity contribution in [3.63, 3.8) is 0 Å². The van der Waals surface area contributed by atoms with Crippen LogP contribution >= 0.6 is 0 Å². The highest BCUT2D eigenvalue weighted by molar-refractivity contribution is 6.00. The van der Waals surface area contributed by atoms with Crippen LogP contribution in [0.3, 0.4) is 0 Å². The van der Waals surface area contributed by atoms with Crippen molar-refractivity contribution in [2.45, 2.75) is 13.0 Å². The summed E-state index contributed by atoms with van der Waals surface area (Å²) in [4.78, 5) is 11.8. The Morgan fingerprint density at radius 2 is 2.20 bits per heavy atom. The van der Waals surface area contributed by atoms with Crippen molar-refractivity contribution in [2.75, 3.05) is 14.2 Å². The lowest BCUT2D eigenvalue weighted by molar-refractivity contribution is 0.0954. The normalized spacial score (nSPS) is 12.2. The highest BCUT2D eigenvalue weighted by Crippen LogP contribution is 2.26. The largest absolute Gasteiger partial charge is 0.504 e. The van der Waals surface area contributed by atoms with Crippen LogP contribution < -0.4 is 10.1 Å².